The van der Waals surface area contributed by atoms with Crippen molar-refractivity contribution in [2.75, 3.05) is 6.54 Å². The molecule has 3 nitrogen and oxygen atoms in total. The largest absolute Gasteiger partial charge is 0.444 e. The van der Waals surface area contributed by atoms with Gasteiger partial charge in [0.2, 0.25) is 0 Å². The molecule has 0 spiro atoms. The van der Waals surface area contributed by atoms with Crippen LogP contribution in [0.1, 0.15) is 52.9 Å². The molecule has 0 aliphatic carbocycles. The van der Waals surface area contributed by atoms with Crippen LogP contribution in [0.5, 0.6) is 0 Å². The molecule has 1 fully saturated rings. The number of amides is 1. The lowest BCUT2D eigenvalue weighted by Crippen LogP contribution is -2.32. The molecular formula is C12H23NO2. The van der Waals surface area contributed by atoms with Crippen molar-refractivity contribution in [2.24, 2.45) is 0 Å². The van der Waals surface area contributed by atoms with E-state index in [2.05, 4.69) is 6.92 Å². The summed E-state index contributed by atoms with van der Waals surface area (Å²) in [4.78, 5) is 13.2. The van der Waals surface area contributed by atoms with Crippen LogP contribution in [0.3, 0.4) is 0 Å². The van der Waals surface area contributed by atoms with Crippen LogP contribution in [0.2, 0.25) is 0 Å². The fourth-order valence-electron chi connectivity index (χ4n) is 1.91. The standard InChI is InChI=1S/C12H23NO2/c1-4-5-6-7-8-11-9-13(10(2)3)12(14)15-11/h10-11H,4-9H2,1-3H3. The average Bonchev–Trinajstić information content (AvgIpc) is 2.55. The van der Waals surface area contributed by atoms with Crippen molar-refractivity contribution in [3.63, 3.8) is 0 Å². The maximum Gasteiger partial charge on any atom is 0.410 e. The number of hydrogen-bond acceptors (Lipinski definition) is 2. The Morgan fingerprint density at radius 3 is 2.67 bits per heavy atom. The predicted molar refractivity (Wildman–Crippen MR) is 60.9 cm³/mol. The highest BCUT2D eigenvalue weighted by Gasteiger charge is 2.32. The summed E-state index contributed by atoms with van der Waals surface area (Å²) < 4.78 is 5.30. The molecule has 0 bridgehead atoms. The van der Waals surface area contributed by atoms with Gasteiger partial charge in [-0.05, 0) is 26.7 Å². The first-order chi connectivity index (χ1) is 7.15. The van der Waals surface area contributed by atoms with Crippen molar-refractivity contribution >= 4 is 6.09 Å². The van der Waals surface area contributed by atoms with Crippen molar-refractivity contribution in [3.8, 4) is 0 Å². The van der Waals surface area contributed by atoms with Gasteiger partial charge in [-0.1, -0.05) is 26.2 Å². The smallest absolute Gasteiger partial charge is 0.410 e. The summed E-state index contributed by atoms with van der Waals surface area (Å²) in [5.74, 6) is 0. The lowest BCUT2D eigenvalue weighted by atomic mass is 10.1. The van der Waals surface area contributed by atoms with Gasteiger partial charge in [0, 0.05) is 6.04 Å². The Bertz CT molecular complexity index is 204. The quantitative estimate of drug-likeness (QED) is 0.634. The highest BCUT2D eigenvalue weighted by Crippen LogP contribution is 2.19. The third-order valence-corrected chi connectivity index (χ3v) is 2.91. The van der Waals surface area contributed by atoms with Gasteiger partial charge < -0.3 is 9.64 Å². The van der Waals surface area contributed by atoms with Crippen molar-refractivity contribution in [3.05, 3.63) is 0 Å². The summed E-state index contributed by atoms with van der Waals surface area (Å²) in [6.45, 7) is 7.04. The second kappa shape index (κ2) is 5.99. The van der Waals surface area contributed by atoms with Crippen LogP contribution in [-0.2, 0) is 4.74 Å². The molecule has 1 atom stereocenters. The second-order valence-corrected chi connectivity index (χ2v) is 4.60. The SMILES string of the molecule is CCCCCCC1CN(C(C)C)C(=O)O1. The number of carbonyl (C=O) groups is 1. The summed E-state index contributed by atoms with van der Waals surface area (Å²) in [6.07, 6.45) is 6.00. The van der Waals surface area contributed by atoms with Crippen molar-refractivity contribution in [1.29, 1.82) is 0 Å². The van der Waals surface area contributed by atoms with E-state index in [-0.39, 0.29) is 18.2 Å². The minimum Gasteiger partial charge on any atom is -0.444 e. The first kappa shape index (κ1) is 12.3. The fourth-order valence-corrected chi connectivity index (χ4v) is 1.91. The monoisotopic (exact) mass is 213 g/mol. The summed E-state index contributed by atoms with van der Waals surface area (Å²) in [5, 5.41) is 0. The van der Waals surface area contributed by atoms with Crippen molar-refractivity contribution in [2.45, 2.75) is 65.0 Å². The summed E-state index contributed by atoms with van der Waals surface area (Å²) >= 11 is 0. The Morgan fingerprint density at radius 2 is 2.13 bits per heavy atom. The summed E-state index contributed by atoms with van der Waals surface area (Å²) in [5.41, 5.74) is 0. The Labute approximate surface area is 92.8 Å². The van der Waals surface area contributed by atoms with Gasteiger partial charge in [-0.25, -0.2) is 4.79 Å². The third-order valence-electron chi connectivity index (χ3n) is 2.91. The Hall–Kier alpha value is -0.730. The molecule has 0 aromatic rings. The number of hydrogen-bond donors (Lipinski definition) is 0. The predicted octanol–water partition coefficient (Wildman–Crippen LogP) is 3.19. The first-order valence-corrected chi connectivity index (χ1v) is 6.12. The van der Waals surface area contributed by atoms with Crippen molar-refractivity contribution < 1.29 is 9.53 Å². The highest BCUT2D eigenvalue weighted by molar-refractivity contribution is 5.70. The van der Waals surface area contributed by atoms with E-state index in [0.717, 1.165) is 13.0 Å². The molecule has 15 heavy (non-hydrogen) atoms. The molecule has 3 heteroatoms. The molecule has 1 amide bonds. The van der Waals surface area contributed by atoms with Crippen molar-refractivity contribution in [1.82, 2.24) is 4.90 Å². The highest BCUT2D eigenvalue weighted by atomic mass is 16.6. The molecule has 0 aromatic carbocycles. The van der Waals surface area contributed by atoms with Gasteiger partial charge in [0.1, 0.15) is 6.10 Å². The second-order valence-electron chi connectivity index (χ2n) is 4.60. The molecule has 1 aliphatic rings. The molecular weight excluding hydrogens is 190 g/mol. The zero-order valence-electron chi connectivity index (χ0n) is 10.2. The number of rotatable bonds is 6. The zero-order chi connectivity index (χ0) is 11.3. The number of carbonyl (C=O) groups excluding carboxylic acids is 1. The Morgan fingerprint density at radius 1 is 1.40 bits per heavy atom. The van der Waals surface area contributed by atoms with Gasteiger partial charge in [0.15, 0.2) is 0 Å². The van der Waals surface area contributed by atoms with E-state index in [1.54, 1.807) is 0 Å². The molecule has 88 valence electrons. The zero-order valence-corrected chi connectivity index (χ0v) is 10.2. The van der Waals surface area contributed by atoms with Gasteiger partial charge >= 0.3 is 6.09 Å². The Kier molecular flexibility index (Phi) is 4.92. The minimum atomic E-state index is -0.134. The maximum absolute atomic E-state index is 11.4. The summed E-state index contributed by atoms with van der Waals surface area (Å²) in [7, 11) is 0. The molecule has 0 saturated carbocycles. The number of cyclic esters (lactones) is 1. The van der Waals surface area contributed by atoms with Crippen LogP contribution in [0.25, 0.3) is 0 Å². The van der Waals surface area contributed by atoms with Crippen LogP contribution in [0, 0.1) is 0 Å². The molecule has 1 rings (SSSR count). The summed E-state index contributed by atoms with van der Waals surface area (Å²) in [6, 6.07) is 0.262. The van der Waals surface area contributed by atoms with Gasteiger partial charge in [-0.15, -0.1) is 0 Å². The molecule has 1 saturated heterocycles. The fraction of sp³-hybridized carbons (Fsp3) is 0.917. The van der Waals surface area contributed by atoms with E-state index in [1.807, 2.05) is 18.7 Å². The normalized spacial score (nSPS) is 21.2. The van der Waals surface area contributed by atoms with Crippen LogP contribution < -0.4 is 0 Å². The molecule has 0 aromatic heterocycles. The van der Waals surface area contributed by atoms with E-state index in [1.165, 1.54) is 25.7 Å². The van der Waals surface area contributed by atoms with Gasteiger partial charge in [-0.2, -0.15) is 0 Å². The Balaban J connectivity index is 2.20. The first-order valence-electron chi connectivity index (χ1n) is 6.12. The molecule has 0 N–H and O–H groups in total. The van der Waals surface area contributed by atoms with Crippen LogP contribution in [-0.4, -0.2) is 29.7 Å². The van der Waals surface area contributed by atoms with E-state index in [0.29, 0.717) is 0 Å². The molecule has 1 heterocycles. The number of unbranched alkanes of at least 4 members (excludes halogenated alkanes) is 3. The topological polar surface area (TPSA) is 29.5 Å². The maximum atomic E-state index is 11.4. The van der Waals surface area contributed by atoms with E-state index < -0.39 is 0 Å². The van der Waals surface area contributed by atoms with Gasteiger partial charge in [0.25, 0.3) is 0 Å². The third kappa shape index (κ3) is 3.73. The number of ether oxygens (including phenoxy) is 1. The molecule has 1 aliphatic heterocycles. The van der Waals surface area contributed by atoms with Gasteiger partial charge in [-0.3, -0.25) is 0 Å². The minimum absolute atomic E-state index is 0.134. The molecule has 1 unspecified atom stereocenters. The lowest BCUT2D eigenvalue weighted by molar-refractivity contribution is 0.125. The van der Waals surface area contributed by atoms with Gasteiger partial charge in [0.05, 0.1) is 6.54 Å². The van der Waals surface area contributed by atoms with E-state index in [4.69, 9.17) is 4.74 Å². The van der Waals surface area contributed by atoms with E-state index >= 15 is 0 Å². The molecule has 0 radical (unpaired) electrons. The van der Waals surface area contributed by atoms with E-state index in [9.17, 15) is 4.79 Å². The number of nitrogens with zero attached hydrogens (tertiary/aromatic N) is 1. The van der Waals surface area contributed by atoms with Crippen LogP contribution in [0.4, 0.5) is 4.79 Å². The van der Waals surface area contributed by atoms with Crippen LogP contribution in [0.15, 0.2) is 0 Å². The average molecular weight is 213 g/mol. The van der Waals surface area contributed by atoms with Crippen LogP contribution >= 0.6 is 0 Å². The lowest BCUT2D eigenvalue weighted by Gasteiger charge is -2.16.